The molecule has 11 nitrogen and oxygen atoms in total. The van der Waals surface area contributed by atoms with Crippen LogP contribution in [0.25, 0.3) is 0 Å². The van der Waals surface area contributed by atoms with Crippen LogP contribution in [0.1, 0.15) is 33.7 Å². The summed E-state index contributed by atoms with van der Waals surface area (Å²) in [6.07, 6.45) is -1.79. The predicted octanol–water partition coefficient (Wildman–Crippen LogP) is -0.920. The SMILES string of the molecule is N=C(N)c1cccc(CC(N)(CCC(O)O)C(=O)NCC(=O)NCc2ccc(C(=N)N)s2)c1. The molecule has 0 bridgehead atoms. The Kier molecular flexibility index (Phi) is 9.05. The van der Waals surface area contributed by atoms with Crippen molar-refractivity contribution in [3.63, 3.8) is 0 Å². The molecule has 0 aliphatic rings. The summed E-state index contributed by atoms with van der Waals surface area (Å²) >= 11 is 1.28. The van der Waals surface area contributed by atoms with E-state index in [4.69, 9.17) is 28.0 Å². The normalized spacial score (nSPS) is 12.7. The number of carbonyl (C=O) groups excluding carboxylic acids is 2. The third kappa shape index (κ3) is 7.95. The molecule has 2 amide bonds. The molecule has 1 aromatic heterocycles. The van der Waals surface area contributed by atoms with Gasteiger partial charge < -0.3 is 38.0 Å². The van der Waals surface area contributed by atoms with E-state index in [1.165, 1.54) is 11.3 Å². The molecule has 0 fully saturated rings. The number of amides is 2. The first-order chi connectivity index (χ1) is 15.5. The molecule has 33 heavy (non-hydrogen) atoms. The summed E-state index contributed by atoms with van der Waals surface area (Å²) in [6.45, 7) is -0.104. The maximum atomic E-state index is 12.9. The van der Waals surface area contributed by atoms with Crippen molar-refractivity contribution < 1.29 is 19.8 Å². The molecule has 0 saturated heterocycles. The zero-order valence-corrected chi connectivity index (χ0v) is 18.7. The average molecular weight is 476 g/mol. The van der Waals surface area contributed by atoms with Crippen molar-refractivity contribution in [3.05, 3.63) is 57.3 Å². The summed E-state index contributed by atoms with van der Waals surface area (Å²) in [5.41, 5.74) is 16.9. The molecular weight excluding hydrogens is 446 g/mol. The Bertz CT molecular complexity index is 1020. The number of aliphatic hydroxyl groups excluding tert-OH is 1. The van der Waals surface area contributed by atoms with Gasteiger partial charge in [-0.2, -0.15) is 0 Å². The number of amidine groups is 2. The molecule has 0 spiro atoms. The molecule has 12 N–H and O–H groups in total. The number of nitrogens with two attached hydrogens (primary N) is 3. The van der Waals surface area contributed by atoms with E-state index >= 15 is 0 Å². The molecule has 2 aromatic rings. The van der Waals surface area contributed by atoms with Gasteiger partial charge in [0.15, 0.2) is 6.29 Å². The molecule has 1 atom stereocenters. The number of benzene rings is 1. The summed E-state index contributed by atoms with van der Waals surface area (Å²) < 4.78 is 0. The summed E-state index contributed by atoms with van der Waals surface area (Å²) in [6, 6.07) is 10.1. The van der Waals surface area contributed by atoms with Crippen molar-refractivity contribution in [2.24, 2.45) is 17.2 Å². The van der Waals surface area contributed by atoms with Crippen molar-refractivity contribution >= 4 is 34.8 Å². The van der Waals surface area contributed by atoms with Gasteiger partial charge >= 0.3 is 0 Å². The third-order valence-electron chi connectivity index (χ3n) is 4.85. The zero-order valence-electron chi connectivity index (χ0n) is 17.9. The van der Waals surface area contributed by atoms with E-state index in [9.17, 15) is 19.8 Å². The molecule has 0 saturated carbocycles. The highest BCUT2D eigenvalue weighted by Gasteiger charge is 2.34. The molecule has 1 aromatic carbocycles. The van der Waals surface area contributed by atoms with Crippen LogP contribution >= 0.6 is 11.3 Å². The number of hydrogen-bond acceptors (Lipinski definition) is 8. The van der Waals surface area contributed by atoms with Gasteiger partial charge in [0.1, 0.15) is 11.7 Å². The van der Waals surface area contributed by atoms with Gasteiger partial charge in [0.05, 0.1) is 23.5 Å². The minimum absolute atomic E-state index is 0.0390. The van der Waals surface area contributed by atoms with Crippen LogP contribution in [0.15, 0.2) is 36.4 Å². The first-order valence-electron chi connectivity index (χ1n) is 10.1. The summed E-state index contributed by atoms with van der Waals surface area (Å²) in [7, 11) is 0. The van der Waals surface area contributed by atoms with Gasteiger partial charge in [-0.25, -0.2) is 0 Å². The van der Waals surface area contributed by atoms with Crippen LogP contribution < -0.4 is 27.8 Å². The zero-order chi connectivity index (χ0) is 24.6. The molecule has 1 unspecified atom stereocenters. The van der Waals surface area contributed by atoms with E-state index in [1.807, 2.05) is 0 Å². The lowest BCUT2D eigenvalue weighted by Crippen LogP contribution is -2.57. The van der Waals surface area contributed by atoms with Gasteiger partial charge in [-0.1, -0.05) is 18.2 Å². The second kappa shape index (κ2) is 11.5. The highest BCUT2D eigenvalue weighted by atomic mass is 32.1. The molecule has 1 heterocycles. The molecular formula is C21H29N7O4S. The second-order valence-corrected chi connectivity index (χ2v) is 8.77. The molecule has 178 valence electrons. The summed E-state index contributed by atoms with van der Waals surface area (Å²) in [4.78, 5) is 26.5. The molecule has 0 radical (unpaired) electrons. The second-order valence-electron chi connectivity index (χ2n) is 7.61. The van der Waals surface area contributed by atoms with E-state index in [-0.39, 0.29) is 44.0 Å². The fraction of sp³-hybridized carbons (Fsp3) is 0.333. The number of hydrogen-bond donors (Lipinski definition) is 9. The van der Waals surface area contributed by atoms with Crippen LogP contribution in [0.5, 0.6) is 0 Å². The van der Waals surface area contributed by atoms with E-state index in [0.717, 1.165) is 4.88 Å². The van der Waals surface area contributed by atoms with Crippen molar-refractivity contribution in [2.75, 3.05) is 6.54 Å². The molecule has 0 aliphatic heterocycles. The molecule has 0 aliphatic carbocycles. The van der Waals surface area contributed by atoms with Crippen molar-refractivity contribution in [2.45, 2.75) is 37.6 Å². The Morgan fingerprint density at radius 2 is 1.82 bits per heavy atom. The summed E-state index contributed by atoms with van der Waals surface area (Å²) in [5, 5.41) is 38.6. The van der Waals surface area contributed by atoms with Gasteiger partial charge in [0.2, 0.25) is 11.8 Å². The summed E-state index contributed by atoms with van der Waals surface area (Å²) in [5.74, 6) is -1.25. The van der Waals surface area contributed by atoms with Gasteiger partial charge in [-0.05, 0) is 36.6 Å². The van der Waals surface area contributed by atoms with E-state index in [1.54, 1.807) is 36.4 Å². The predicted molar refractivity (Wildman–Crippen MR) is 126 cm³/mol. The van der Waals surface area contributed by atoms with E-state index in [0.29, 0.717) is 16.0 Å². The van der Waals surface area contributed by atoms with Crippen LogP contribution in [0.4, 0.5) is 0 Å². The Labute approximate surface area is 195 Å². The fourth-order valence-corrected chi connectivity index (χ4v) is 3.89. The highest BCUT2D eigenvalue weighted by Crippen LogP contribution is 2.19. The number of thiophene rings is 1. The monoisotopic (exact) mass is 475 g/mol. The Hall–Kier alpha value is -3.32. The van der Waals surface area contributed by atoms with Gasteiger partial charge in [0, 0.05) is 16.9 Å². The number of nitrogen functional groups attached to an aromatic ring is 2. The minimum Gasteiger partial charge on any atom is -0.384 e. The van der Waals surface area contributed by atoms with Crippen molar-refractivity contribution in [3.8, 4) is 0 Å². The third-order valence-corrected chi connectivity index (χ3v) is 5.97. The van der Waals surface area contributed by atoms with Crippen molar-refractivity contribution in [1.29, 1.82) is 10.8 Å². The standard InChI is InChI=1S/C21H29N7O4S/c22-18(23)13-3-1-2-12(8-13)9-21(26,7-6-17(30)31)20(32)28-11-16(29)27-10-14-4-5-15(33-14)19(24)25/h1-5,8,17,30-31H,6-7,9-11,26H2,(H3,22,23)(H3,24,25)(H,27,29)(H,28,32). The average Bonchev–Trinajstić information content (AvgIpc) is 3.24. The Morgan fingerprint density at radius 3 is 2.42 bits per heavy atom. The first-order valence-corrected chi connectivity index (χ1v) is 10.9. The Balaban J connectivity index is 2.00. The maximum Gasteiger partial charge on any atom is 0.240 e. The minimum atomic E-state index is -1.64. The first kappa shape index (κ1) is 25.9. The lowest BCUT2D eigenvalue weighted by atomic mass is 9.85. The number of aliphatic hydroxyl groups is 2. The van der Waals surface area contributed by atoms with Gasteiger partial charge in [-0.15, -0.1) is 11.3 Å². The smallest absolute Gasteiger partial charge is 0.240 e. The van der Waals surface area contributed by atoms with Crippen LogP contribution in [-0.4, -0.2) is 52.1 Å². The number of nitrogens with one attached hydrogen (secondary N) is 4. The molecule has 12 heteroatoms. The van der Waals surface area contributed by atoms with Crippen LogP contribution in [-0.2, 0) is 22.6 Å². The highest BCUT2D eigenvalue weighted by molar-refractivity contribution is 7.14. The quantitative estimate of drug-likeness (QED) is 0.106. The Morgan fingerprint density at radius 1 is 1.09 bits per heavy atom. The van der Waals surface area contributed by atoms with Gasteiger partial charge in [0.25, 0.3) is 0 Å². The largest absolute Gasteiger partial charge is 0.384 e. The van der Waals surface area contributed by atoms with Crippen molar-refractivity contribution in [1.82, 2.24) is 10.6 Å². The van der Waals surface area contributed by atoms with Crippen LogP contribution in [0.2, 0.25) is 0 Å². The topological polar surface area (TPSA) is 224 Å². The lowest BCUT2D eigenvalue weighted by Gasteiger charge is -2.29. The molecule has 2 rings (SSSR count). The fourth-order valence-electron chi connectivity index (χ4n) is 3.08. The maximum absolute atomic E-state index is 12.9. The number of rotatable bonds is 12. The lowest BCUT2D eigenvalue weighted by molar-refractivity contribution is -0.130. The van der Waals surface area contributed by atoms with Gasteiger partial charge in [-0.3, -0.25) is 20.4 Å². The van der Waals surface area contributed by atoms with Crippen LogP contribution in [0.3, 0.4) is 0 Å². The van der Waals surface area contributed by atoms with E-state index in [2.05, 4.69) is 10.6 Å². The van der Waals surface area contributed by atoms with E-state index < -0.39 is 23.6 Å². The van der Waals surface area contributed by atoms with Crippen LogP contribution in [0, 0.1) is 10.8 Å². The number of carbonyl (C=O) groups is 2.